The van der Waals surface area contributed by atoms with Crippen molar-refractivity contribution in [1.29, 1.82) is 0 Å². The molecule has 3 heterocycles. The summed E-state index contributed by atoms with van der Waals surface area (Å²) in [7, 11) is -1.67. The number of hydrogen-bond donors (Lipinski definition) is 3. The van der Waals surface area contributed by atoms with Crippen LogP contribution in [0.1, 0.15) is 32.8 Å². The molecule has 6 rings (SSSR count). The van der Waals surface area contributed by atoms with Gasteiger partial charge in [-0.15, -0.1) is 0 Å². The molecular formula is C37H39F2N4O13P. The lowest BCUT2D eigenvalue weighted by molar-refractivity contribution is -0.149. The third-order valence-corrected chi connectivity index (χ3v) is 10.2. The minimum atomic E-state index is -4.62. The van der Waals surface area contributed by atoms with Crippen LogP contribution in [0.4, 0.5) is 19.4 Å². The molecule has 0 saturated carbocycles. The van der Waals surface area contributed by atoms with E-state index in [1.807, 2.05) is 0 Å². The number of ether oxygens (including phenoxy) is 5. The van der Waals surface area contributed by atoms with Crippen molar-refractivity contribution >= 4 is 47.4 Å². The number of alkyl halides is 2. The van der Waals surface area contributed by atoms with Crippen LogP contribution in [0.15, 0.2) is 82.1 Å². The number of aromatic nitrogens is 2. The maximum Gasteiger partial charge on any atom is 0.459 e. The molecule has 0 spiro atoms. The number of methoxy groups -OCH3 is 2. The van der Waals surface area contributed by atoms with Gasteiger partial charge in [-0.1, -0.05) is 36.4 Å². The number of nitrogens with zero attached hydrogens (tertiary/aromatic N) is 2. The molecular weight excluding hydrogens is 777 g/mol. The maximum absolute atomic E-state index is 15.5. The van der Waals surface area contributed by atoms with Crippen LogP contribution in [-0.2, 0) is 34.7 Å². The smallest absolute Gasteiger partial charge is 0.459 e. The van der Waals surface area contributed by atoms with Gasteiger partial charge in [-0.3, -0.25) is 19.2 Å². The number of benzene rings is 3. The zero-order valence-corrected chi connectivity index (χ0v) is 32.1. The normalized spacial score (nSPS) is 19.2. The highest BCUT2D eigenvalue weighted by Crippen LogP contribution is 2.49. The van der Waals surface area contributed by atoms with Crippen LogP contribution >= 0.6 is 7.75 Å². The highest BCUT2D eigenvalue weighted by atomic mass is 31.2. The van der Waals surface area contributed by atoms with Gasteiger partial charge in [-0.2, -0.15) is 18.9 Å². The topological polar surface area (TPSA) is 208 Å². The Labute approximate surface area is 323 Å². The molecule has 5 atom stereocenters. The molecule has 20 heteroatoms. The number of esters is 1. The third-order valence-electron chi connectivity index (χ3n) is 8.53. The van der Waals surface area contributed by atoms with Crippen LogP contribution < -0.4 is 30.1 Å². The Morgan fingerprint density at radius 2 is 1.77 bits per heavy atom. The third kappa shape index (κ3) is 9.19. The van der Waals surface area contributed by atoms with E-state index in [0.717, 1.165) is 12.3 Å². The van der Waals surface area contributed by atoms with Gasteiger partial charge in [0, 0.05) is 23.0 Å². The Morgan fingerprint density at radius 1 is 1.02 bits per heavy atom. The minimum absolute atomic E-state index is 0.0795. The number of fused-ring (bicyclic) bond motifs is 2. The molecule has 3 N–H and O–H groups in total. The quantitative estimate of drug-likeness (QED) is 0.0826. The molecule has 5 aromatic rings. The predicted molar refractivity (Wildman–Crippen MR) is 198 cm³/mol. The van der Waals surface area contributed by atoms with Crippen LogP contribution in [0.2, 0.25) is 0 Å². The first-order valence-corrected chi connectivity index (χ1v) is 18.9. The van der Waals surface area contributed by atoms with Crippen molar-refractivity contribution < 1.29 is 65.2 Å². The first-order chi connectivity index (χ1) is 27.1. The molecule has 1 aliphatic heterocycles. The van der Waals surface area contributed by atoms with Crippen LogP contribution in [0, 0.1) is 0 Å². The van der Waals surface area contributed by atoms with Crippen molar-refractivity contribution in [2.45, 2.75) is 63.9 Å². The standard InChI is InChI=1S/C37H39F2N4O13P/c1-20(2)53-33(45)21(3)42-57(48,56-27-12-8-10-22-9-6-7-11-26(22)27)52-19-29-32(44)37(38,39)34(55-29)43-14-13-30(40-35(43)46)41-36(47)51-18-25-16-23-15-24(49-4)17-28(50-5)31(23)54-25/h6-17,20-21,29,32,34,44H,18-19H2,1-5H3,(H,42,48)(H,40,41,46,47)/t21-,29?,32+,34+,57?/m0/s1. The molecule has 0 aliphatic carbocycles. The van der Waals surface area contributed by atoms with Crippen LogP contribution in [-0.4, -0.2) is 77.8 Å². The molecule has 0 radical (unpaired) electrons. The number of furan rings is 1. The second-order valence-corrected chi connectivity index (χ2v) is 14.7. The summed E-state index contributed by atoms with van der Waals surface area (Å²) < 4.78 is 89.0. The van der Waals surface area contributed by atoms with Gasteiger partial charge < -0.3 is 37.7 Å². The molecule has 1 saturated heterocycles. The number of anilines is 1. The van der Waals surface area contributed by atoms with Gasteiger partial charge in [0.1, 0.15) is 35.2 Å². The zero-order chi connectivity index (χ0) is 41.1. The first-order valence-electron chi connectivity index (χ1n) is 17.4. The Morgan fingerprint density at radius 3 is 2.49 bits per heavy atom. The van der Waals surface area contributed by atoms with Crippen molar-refractivity contribution in [3.63, 3.8) is 0 Å². The Balaban J connectivity index is 1.13. The van der Waals surface area contributed by atoms with Gasteiger partial charge in [0.05, 0.1) is 26.9 Å². The predicted octanol–water partition coefficient (Wildman–Crippen LogP) is 5.94. The number of nitrogens with one attached hydrogen (secondary N) is 2. The summed E-state index contributed by atoms with van der Waals surface area (Å²) in [6.45, 7) is 3.29. The second-order valence-electron chi connectivity index (χ2n) is 13.0. The second kappa shape index (κ2) is 16.9. The highest BCUT2D eigenvalue weighted by Gasteiger charge is 2.60. The van der Waals surface area contributed by atoms with Gasteiger partial charge in [-0.05, 0) is 50.4 Å². The van der Waals surface area contributed by atoms with E-state index >= 15 is 8.78 Å². The van der Waals surface area contributed by atoms with Crippen LogP contribution in [0.3, 0.4) is 0 Å². The average molecular weight is 817 g/mol. The van der Waals surface area contributed by atoms with Gasteiger partial charge in [0.25, 0.3) is 0 Å². The molecule has 2 unspecified atom stereocenters. The number of aliphatic hydroxyl groups excluding tert-OH is 1. The van der Waals surface area contributed by atoms with E-state index in [-0.39, 0.29) is 23.9 Å². The van der Waals surface area contributed by atoms with E-state index in [1.165, 1.54) is 27.2 Å². The van der Waals surface area contributed by atoms with E-state index in [0.29, 0.717) is 37.8 Å². The summed E-state index contributed by atoms with van der Waals surface area (Å²) in [6, 6.07) is 16.6. The summed E-state index contributed by atoms with van der Waals surface area (Å²) in [5.41, 5.74) is -0.889. The van der Waals surface area contributed by atoms with Gasteiger partial charge >= 0.3 is 31.4 Å². The summed E-state index contributed by atoms with van der Waals surface area (Å²) >= 11 is 0. The van der Waals surface area contributed by atoms with E-state index in [2.05, 4.69) is 15.4 Å². The van der Waals surface area contributed by atoms with E-state index < -0.39 is 68.6 Å². The van der Waals surface area contributed by atoms with Crippen molar-refractivity contribution in [1.82, 2.24) is 14.6 Å². The summed E-state index contributed by atoms with van der Waals surface area (Å²) in [5.74, 6) is -4.00. The monoisotopic (exact) mass is 816 g/mol. The number of aliphatic hydroxyl groups is 1. The first kappa shape index (κ1) is 41.1. The Hall–Kier alpha value is -5.59. The maximum atomic E-state index is 15.5. The molecule has 1 fully saturated rings. The van der Waals surface area contributed by atoms with Gasteiger partial charge in [0.15, 0.2) is 24.0 Å². The fourth-order valence-electron chi connectivity index (χ4n) is 5.82. The number of rotatable bonds is 15. The van der Waals surface area contributed by atoms with E-state index in [4.69, 9.17) is 37.1 Å². The van der Waals surface area contributed by atoms with Crippen LogP contribution in [0.25, 0.3) is 21.7 Å². The number of halogens is 2. The molecule has 2 aromatic heterocycles. The van der Waals surface area contributed by atoms with Crippen LogP contribution in [0.5, 0.6) is 17.2 Å². The fraction of sp³-hybridized carbons (Fsp3) is 0.351. The number of hydrogen-bond acceptors (Lipinski definition) is 14. The Bertz CT molecular complexity index is 2370. The number of carbonyl (C=O) groups is 2. The zero-order valence-electron chi connectivity index (χ0n) is 31.2. The highest BCUT2D eigenvalue weighted by molar-refractivity contribution is 7.52. The summed E-state index contributed by atoms with van der Waals surface area (Å²) in [4.78, 5) is 41.7. The largest absolute Gasteiger partial charge is 0.497 e. The van der Waals surface area contributed by atoms with E-state index in [9.17, 15) is 24.1 Å². The fourth-order valence-corrected chi connectivity index (χ4v) is 7.34. The van der Waals surface area contributed by atoms with Crippen molar-refractivity contribution in [3.8, 4) is 17.2 Å². The van der Waals surface area contributed by atoms with E-state index in [1.54, 1.807) is 68.4 Å². The van der Waals surface area contributed by atoms with Crippen molar-refractivity contribution in [2.75, 3.05) is 26.1 Å². The molecule has 17 nitrogen and oxygen atoms in total. The Kier molecular flexibility index (Phi) is 12.2. The SMILES string of the molecule is COc1cc(OC)c2oc(COC(=O)Nc3ccn([C@@H]4OC(COP(=O)(N[C@@H](C)C(=O)OC(C)C)Oc5cccc6ccccc56)[C@@H](O)C4(F)F)c(=O)n3)cc2c1. The number of amides is 1. The van der Waals surface area contributed by atoms with Crippen molar-refractivity contribution in [2.24, 2.45) is 0 Å². The molecule has 304 valence electrons. The molecule has 0 bridgehead atoms. The minimum Gasteiger partial charge on any atom is -0.497 e. The molecule has 1 amide bonds. The molecule has 1 aliphatic rings. The van der Waals surface area contributed by atoms with Gasteiger partial charge in [-0.25, -0.2) is 14.2 Å². The average Bonchev–Trinajstić information content (AvgIpc) is 3.69. The summed E-state index contributed by atoms with van der Waals surface area (Å²) in [5, 5.41) is 17.2. The molecule has 57 heavy (non-hydrogen) atoms. The lowest BCUT2D eigenvalue weighted by atomic mass is 10.1. The van der Waals surface area contributed by atoms with Crippen molar-refractivity contribution in [3.05, 3.63) is 89.2 Å². The number of carbonyl (C=O) groups excluding carboxylic acids is 2. The molecule has 3 aromatic carbocycles. The lowest BCUT2D eigenvalue weighted by Gasteiger charge is -2.25. The lowest BCUT2D eigenvalue weighted by Crippen LogP contribution is -2.42. The van der Waals surface area contributed by atoms with Gasteiger partial charge in [0.2, 0.25) is 6.23 Å². The summed E-state index contributed by atoms with van der Waals surface area (Å²) in [6.07, 6.45) is -7.53.